The van der Waals surface area contributed by atoms with E-state index in [-0.39, 0.29) is 0 Å². The summed E-state index contributed by atoms with van der Waals surface area (Å²) in [7, 11) is 0. The van der Waals surface area contributed by atoms with Crippen molar-refractivity contribution in [2.75, 3.05) is 0 Å². The van der Waals surface area contributed by atoms with Gasteiger partial charge in [-0.3, -0.25) is 0 Å². The van der Waals surface area contributed by atoms with Crippen molar-refractivity contribution in [1.82, 2.24) is 33.2 Å². The Kier molecular flexibility index (Phi) is 12.5. The van der Waals surface area contributed by atoms with Gasteiger partial charge in [-0.1, -0.05) is 194 Å². The highest BCUT2D eigenvalue weighted by molar-refractivity contribution is 6.15. The van der Waals surface area contributed by atoms with E-state index in [1.54, 1.807) is 0 Å². The Morgan fingerprint density at radius 1 is 0.198 bits per heavy atom. The molecule has 0 spiro atoms. The summed E-state index contributed by atoms with van der Waals surface area (Å²) >= 11 is 0. The molecule has 0 aliphatic carbocycles. The van der Waals surface area contributed by atoms with Crippen LogP contribution in [0.1, 0.15) is 5.56 Å². The van der Waals surface area contributed by atoms with E-state index in [1.807, 2.05) is 24.3 Å². The first kappa shape index (κ1) is 54.5. The van der Waals surface area contributed by atoms with Crippen LogP contribution in [0.3, 0.4) is 0 Å². The molecule has 0 N–H and O–H groups in total. The predicted molar refractivity (Wildman–Crippen MR) is 395 cm³/mol. The van der Waals surface area contributed by atoms with Crippen molar-refractivity contribution in [2.45, 2.75) is 0 Å². The number of fused-ring (bicyclic) bond motifs is 12. The summed E-state index contributed by atoms with van der Waals surface area (Å²) in [5, 5.41) is 19.1. The fraction of sp³-hybridized carbons (Fsp3) is 0. The average molecular weight is 1220 g/mol. The van der Waals surface area contributed by atoms with E-state index in [0.717, 1.165) is 94.9 Å². The van der Waals surface area contributed by atoms with Gasteiger partial charge >= 0.3 is 0 Å². The SMILES string of the molecule is N#Cc1ccc(-c2ccc(-c3nc(-c4cccc(-n5c6ccccc6c6cc(-c7ccc8c(c7)c7ccccc7n8-c7ccccc7)ccc65)c4)nc(-c4cccc(-n5c6ccccc6c6cc(-c7ccc8c(c7)c7ccccc7n8-c7ccccc7)ccc65)c4)n3)cc2)cc1. The van der Waals surface area contributed by atoms with Crippen LogP contribution in [0.15, 0.2) is 328 Å². The zero-order chi connectivity index (χ0) is 63.4. The van der Waals surface area contributed by atoms with Crippen LogP contribution in [0.2, 0.25) is 0 Å². The first-order valence-corrected chi connectivity index (χ1v) is 32.4. The predicted octanol–water partition coefficient (Wildman–Crippen LogP) is 22.1. The van der Waals surface area contributed by atoms with Crippen molar-refractivity contribution in [2.24, 2.45) is 0 Å². The van der Waals surface area contributed by atoms with Gasteiger partial charge in [0, 0.05) is 82.5 Å². The van der Waals surface area contributed by atoms with Gasteiger partial charge in [0.1, 0.15) is 0 Å². The summed E-state index contributed by atoms with van der Waals surface area (Å²) < 4.78 is 9.46. The van der Waals surface area contributed by atoms with Gasteiger partial charge in [0.25, 0.3) is 0 Å². The summed E-state index contributed by atoms with van der Waals surface area (Å²) in [6, 6.07) is 119. The lowest BCUT2D eigenvalue weighted by atomic mass is 10.0. The van der Waals surface area contributed by atoms with Gasteiger partial charge < -0.3 is 18.3 Å². The lowest BCUT2D eigenvalue weighted by Crippen LogP contribution is -2.02. The quantitative estimate of drug-likeness (QED) is 0.137. The Bertz CT molecular complexity index is 6040. The fourth-order valence-electron chi connectivity index (χ4n) is 14.8. The normalized spacial score (nSPS) is 11.7. The van der Waals surface area contributed by atoms with E-state index in [2.05, 4.69) is 328 Å². The lowest BCUT2D eigenvalue weighted by Gasteiger charge is -2.13. The third-order valence-corrected chi connectivity index (χ3v) is 19.2. The molecule has 5 aromatic heterocycles. The van der Waals surface area contributed by atoms with Crippen LogP contribution < -0.4 is 0 Å². The van der Waals surface area contributed by atoms with Crippen LogP contribution in [-0.4, -0.2) is 33.2 Å². The maximum Gasteiger partial charge on any atom is 0.164 e. The fourth-order valence-corrected chi connectivity index (χ4v) is 14.8. The van der Waals surface area contributed by atoms with E-state index >= 15 is 0 Å². The zero-order valence-electron chi connectivity index (χ0n) is 51.8. The summed E-state index contributed by atoms with van der Waals surface area (Å²) in [6.07, 6.45) is 0. The third kappa shape index (κ3) is 8.87. The molecular formula is C88H54N8. The van der Waals surface area contributed by atoms with Gasteiger partial charge in [-0.15, -0.1) is 0 Å². The van der Waals surface area contributed by atoms with Crippen LogP contribution in [-0.2, 0) is 0 Å². The first-order valence-electron chi connectivity index (χ1n) is 32.4. The molecule has 5 heterocycles. The van der Waals surface area contributed by atoms with Crippen LogP contribution in [0, 0.1) is 11.3 Å². The highest BCUT2D eigenvalue weighted by Gasteiger charge is 2.21. The minimum atomic E-state index is 0.552. The van der Waals surface area contributed by atoms with E-state index < -0.39 is 0 Å². The topological polar surface area (TPSA) is 82.2 Å². The highest BCUT2D eigenvalue weighted by Crippen LogP contribution is 2.42. The van der Waals surface area contributed by atoms with E-state index in [1.165, 1.54) is 65.2 Å². The molecular weight excluding hydrogens is 1170 g/mol. The van der Waals surface area contributed by atoms with Gasteiger partial charge in [0.15, 0.2) is 17.5 Å². The zero-order valence-corrected chi connectivity index (χ0v) is 51.8. The Hall–Kier alpha value is -13.2. The molecule has 0 atom stereocenters. The van der Waals surface area contributed by atoms with Gasteiger partial charge in [-0.05, 0) is 167 Å². The van der Waals surface area contributed by atoms with Crippen LogP contribution in [0.4, 0.5) is 0 Å². The molecule has 0 saturated carbocycles. The standard InChI is InChI=1S/C88H54N8/c89-55-56-33-35-57(36-34-56)58-37-39-59(40-38-58)86-90-87(64-17-15-23-68(49-64)95-80-31-13-9-27-72(80)76-53-62(43-47-84(76)95)60-41-45-82-74(51-60)70-25-7-11-29-78(70)93(82)66-19-3-1-4-20-66)92-88(91-86)65-18-16-24-69(50-65)96-81-32-14-10-28-73(81)77-54-63(44-48-85(77)96)61-42-46-83-75(52-61)71-26-8-12-30-79(71)94(83)67-21-5-2-6-22-67/h1-54H. The van der Waals surface area contributed by atoms with E-state index in [0.29, 0.717) is 23.0 Å². The molecule has 0 aliphatic heterocycles. The highest BCUT2D eigenvalue weighted by atomic mass is 15.0. The maximum absolute atomic E-state index is 9.53. The first-order chi connectivity index (χ1) is 47.5. The van der Waals surface area contributed by atoms with Crippen molar-refractivity contribution in [3.05, 3.63) is 333 Å². The Balaban J connectivity index is 0.717. The Morgan fingerprint density at radius 3 is 0.823 bits per heavy atom. The smallest absolute Gasteiger partial charge is 0.164 e. The Morgan fingerprint density at radius 2 is 0.469 bits per heavy atom. The van der Waals surface area contributed by atoms with Gasteiger partial charge in [-0.25, -0.2) is 15.0 Å². The van der Waals surface area contributed by atoms with Crippen LogP contribution >= 0.6 is 0 Å². The average Bonchev–Trinajstić information content (AvgIpc) is 1.59. The van der Waals surface area contributed by atoms with Crippen LogP contribution in [0.5, 0.6) is 0 Å². The molecule has 19 aromatic rings. The molecule has 8 heteroatoms. The molecule has 0 amide bonds. The second-order valence-corrected chi connectivity index (χ2v) is 24.7. The van der Waals surface area contributed by atoms with Crippen molar-refractivity contribution in [1.29, 1.82) is 5.26 Å². The number of nitriles is 1. The lowest BCUT2D eigenvalue weighted by molar-refractivity contribution is 1.07. The molecule has 0 bridgehead atoms. The molecule has 96 heavy (non-hydrogen) atoms. The minimum Gasteiger partial charge on any atom is -0.309 e. The minimum absolute atomic E-state index is 0.552. The molecule has 446 valence electrons. The second kappa shape index (κ2) is 22.0. The molecule has 19 rings (SSSR count). The number of hydrogen-bond donors (Lipinski definition) is 0. The van der Waals surface area contributed by atoms with E-state index in [9.17, 15) is 5.26 Å². The number of rotatable bonds is 10. The molecule has 14 aromatic carbocycles. The van der Waals surface area contributed by atoms with Crippen molar-refractivity contribution < 1.29 is 0 Å². The van der Waals surface area contributed by atoms with Crippen molar-refractivity contribution >= 4 is 87.2 Å². The second-order valence-electron chi connectivity index (χ2n) is 24.7. The number of benzene rings is 14. The van der Waals surface area contributed by atoms with Gasteiger partial charge in [0.05, 0.1) is 55.8 Å². The summed E-state index contributed by atoms with van der Waals surface area (Å²) in [5.74, 6) is 1.66. The largest absolute Gasteiger partial charge is 0.309 e. The maximum atomic E-state index is 9.53. The van der Waals surface area contributed by atoms with Gasteiger partial charge in [-0.2, -0.15) is 5.26 Å². The van der Waals surface area contributed by atoms with Crippen molar-refractivity contribution in [3.8, 4) is 96.4 Å². The molecule has 0 unspecified atom stereocenters. The van der Waals surface area contributed by atoms with Gasteiger partial charge in [0.2, 0.25) is 0 Å². The molecule has 8 nitrogen and oxygen atoms in total. The molecule has 0 fully saturated rings. The molecule has 0 radical (unpaired) electrons. The number of para-hydroxylation sites is 6. The van der Waals surface area contributed by atoms with Crippen LogP contribution in [0.25, 0.3) is 178 Å². The third-order valence-electron chi connectivity index (χ3n) is 19.2. The number of hydrogen-bond acceptors (Lipinski definition) is 4. The molecule has 0 saturated heterocycles. The number of nitrogens with zero attached hydrogens (tertiary/aromatic N) is 8. The molecule has 0 aliphatic rings. The number of aromatic nitrogens is 7. The Labute approximate surface area is 552 Å². The van der Waals surface area contributed by atoms with E-state index in [4.69, 9.17) is 15.0 Å². The summed E-state index contributed by atoms with van der Waals surface area (Å²) in [6.45, 7) is 0. The summed E-state index contributed by atoms with van der Waals surface area (Å²) in [4.78, 5) is 16.1. The summed E-state index contributed by atoms with van der Waals surface area (Å²) in [5.41, 5.74) is 23.2. The van der Waals surface area contributed by atoms with Crippen molar-refractivity contribution in [3.63, 3.8) is 0 Å². The monoisotopic (exact) mass is 1220 g/mol.